The van der Waals surface area contributed by atoms with E-state index < -0.39 is 0 Å². The summed E-state index contributed by atoms with van der Waals surface area (Å²) in [5, 5.41) is 3.13. The fourth-order valence-electron chi connectivity index (χ4n) is 3.82. The number of carbonyl (C=O) groups excluding carboxylic acids is 2. The summed E-state index contributed by atoms with van der Waals surface area (Å²) in [6, 6.07) is 15.2. The maximum absolute atomic E-state index is 12.7. The molecule has 2 amide bonds. The Morgan fingerprint density at radius 1 is 0.968 bits per heavy atom. The van der Waals surface area contributed by atoms with Crippen molar-refractivity contribution in [2.24, 2.45) is 0 Å². The molecule has 1 fully saturated rings. The van der Waals surface area contributed by atoms with Crippen LogP contribution in [0.1, 0.15) is 49.0 Å². The van der Waals surface area contributed by atoms with E-state index in [0.29, 0.717) is 44.7 Å². The number of benzene rings is 2. The number of hydrogen-bond acceptors (Lipinski definition) is 4. The van der Waals surface area contributed by atoms with E-state index in [1.165, 1.54) is 0 Å². The minimum atomic E-state index is 0.0281. The molecule has 2 aromatic rings. The van der Waals surface area contributed by atoms with Crippen molar-refractivity contribution in [1.82, 2.24) is 10.2 Å². The predicted octanol–water partition coefficient (Wildman–Crippen LogP) is 3.84. The second kappa shape index (κ2) is 11.4. The normalized spacial score (nSPS) is 14.2. The van der Waals surface area contributed by atoms with Crippen LogP contribution in [0.15, 0.2) is 48.5 Å². The molecule has 166 valence electrons. The van der Waals surface area contributed by atoms with Crippen LogP contribution in [0, 0.1) is 0 Å². The molecule has 6 nitrogen and oxygen atoms in total. The lowest BCUT2D eigenvalue weighted by molar-refractivity contribution is -0.122. The number of rotatable bonds is 9. The highest BCUT2D eigenvalue weighted by Gasteiger charge is 2.24. The van der Waals surface area contributed by atoms with E-state index >= 15 is 0 Å². The van der Waals surface area contributed by atoms with Crippen LogP contribution in [-0.4, -0.2) is 49.1 Å². The number of nitrogens with zero attached hydrogens (tertiary/aromatic N) is 1. The van der Waals surface area contributed by atoms with Crippen LogP contribution in [0.3, 0.4) is 0 Å². The number of carbonyl (C=O) groups is 2. The van der Waals surface area contributed by atoms with Gasteiger partial charge in [0.1, 0.15) is 11.5 Å². The summed E-state index contributed by atoms with van der Waals surface area (Å²) >= 11 is 0. The number of para-hydroxylation sites is 1. The van der Waals surface area contributed by atoms with Crippen molar-refractivity contribution in [2.45, 2.75) is 45.6 Å². The smallest absolute Gasteiger partial charge is 0.253 e. The maximum Gasteiger partial charge on any atom is 0.253 e. The fourth-order valence-corrected chi connectivity index (χ4v) is 3.82. The van der Waals surface area contributed by atoms with Crippen LogP contribution in [0.5, 0.6) is 11.5 Å². The van der Waals surface area contributed by atoms with Crippen LogP contribution < -0.4 is 14.8 Å². The largest absolute Gasteiger partial charge is 0.494 e. The first-order chi connectivity index (χ1) is 15.1. The van der Waals surface area contributed by atoms with Gasteiger partial charge in [0.05, 0.1) is 13.2 Å². The minimum Gasteiger partial charge on any atom is -0.494 e. The molecule has 1 saturated heterocycles. The molecule has 0 saturated carbocycles. The Labute approximate surface area is 184 Å². The van der Waals surface area contributed by atoms with Gasteiger partial charge in [0.25, 0.3) is 5.91 Å². The van der Waals surface area contributed by atoms with Crippen LogP contribution in [0.25, 0.3) is 0 Å². The van der Waals surface area contributed by atoms with E-state index in [2.05, 4.69) is 5.32 Å². The molecule has 2 aromatic carbocycles. The summed E-state index contributed by atoms with van der Waals surface area (Å²) in [7, 11) is 0. The minimum absolute atomic E-state index is 0.0281. The van der Waals surface area contributed by atoms with Crippen LogP contribution in [0.2, 0.25) is 0 Å². The molecule has 6 heteroatoms. The molecule has 1 aliphatic heterocycles. The van der Waals surface area contributed by atoms with Gasteiger partial charge in [0, 0.05) is 31.1 Å². The number of amides is 2. The summed E-state index contributed by atoms with van der Waals surface area (Å²) in [5.41, 5.74) is 1.72. The molecule has 0 atom stereocenters. The van der Waals surface area contributed by atoms with E-state index in [-0.39, 0.29) is 17.9 Å². The molecule has 0 radical (unpaired) electrons. The van der Waals surface area contributed by atoms with Gasteiger partial charge in [-0.3, -0.25) is 9.59 Å². The zero-order chi connectivity index (χ0) is 22.1. The Morgan fingerprint density at radius 2 is 1.65 bits per heavy atom. The van der Waals surface area contributed by atoms with E-state index in [9.17, 15) is 9.59 Å². The summed E-state index contributed by atoms with van der Waals surface area (Å²) in [5.74, 6) is 1.69. The third-order valence-corrected chi connectivity index (χ3v) is 5.45. The highest BCUT2D eigenvalue weighted by molar-refractivity contribution is 5.94. The first-order valence-electron chi connectivity index (χ1n) is 11.1. The lowest BCUT2D eigenvalue weighted by Gasteiger charge is -2.32. The van der Waals surface area contributed by atoms with Crippen molar-refractivity contribution < 1.29 is 19.1 Å². The molecule has 0 aromatic heterocycles. The van der Waals surface area contributed by atoms with E-state index in [0.717, 1.165) is 29.9 Å². The van der Waals surface area contributed by atoms with Crippen molar-refractivity contribution in [3.63, 3.8) is 0 Å². The average molecular weight is 425 g/mol. The molecule has 3 rings (SSSR count). The average Bonchev–Trinajstić information content (AvgIpc) is 2.79. The predicted molar refractivity (Wildman–Crippen MR) is 121 cm³/mol. The molecule has 1 N–H and O–H groups in total. The first-order valence-corrected chi connectivity index (χ1v) is 11.1. The Morgan fingerprint density at radius 3 is 2.32 bits per heavy atom. The molecule has 1 heterocycles. The van der Waals surface area contributed by atoms with Crippen molar-refractivity contribution in [3.8, 4) is 11.5 Å². The SMILES string of the molecule is CCOc1ccc(C(=O)N2CCC(NC(=O)CCc3ccccc3OCC)CC2)cc1. The second-order valence-corrected chi connectivity index (χ2v) is 7.63. The molecule has 0 spiro atoms. The third kappa shape index (κ3) is 6.48. The van der Waals surface area contributed by atoms with Crippen molar-refractivity contribution >= 4 is 11.8 Å². The highest BCUT2D eigenvalue weighted by Crippen LogP contribution is 2.20. The summed E-state index contributed by atoms with van der Waals surface area (Å²) in [4.78, 5) is 27.0. The van der Waals surface area contributed by atoms with Crippen LogP contribution in [-0.2, 0) is 11.2 Å². The number of nitrogens with one attached hydrogen (secondary N) is 1. The summed E-state index contributed by atoms with van der Waals surface area (Å²) < 4.78 is 11.1. The molecule has 0 aliphatic carbocycles. The monoisotopic (exact) mass is 424 g/mol. The molecular formula is C25H32N2O4. The van der Waals surface area contributed by atoms with Gasteiger partial charge in [-0.15, -0.1) is 0 Å². The topological polar surface area (TPSA) is 67.9 Å². The van der Waals surface area contributed by atoms with Crippen LogP contribution >= 0.6 is 0 Å². The number of hydrogen-bond donors (Lipinski definition) is 1. The Kier molecular flexibility index (Phi) is 8.33. The molecule has 1 aliphatic rings. The van der Waals surface area contributed by atoms with E-state index in [4.69, 9.17) is 9.47 Å². The Bertz CT molecular complexity index is 858. The summed E-state index contributed by atoms with van der Waals surface area (Å²) in [6.07, 6.45) is 2.61. The number of aryl methyl sites for hydroxylation is 1. The third-order valence-electron chi connectivity index (χ3n) is 5.45. The van der Waals surface area contributed by atoms with Gasteiger partial charge in [-0.25, -0.2) is 0 Å². The molecule has 0 bridgehead atoms. The number of piperidine rings is 1. The van der Waals surface area contributed by atoms with Gasteiger partial charge >= 0.3 is 0 Å². The standard InChI is InChI=1S/C25H32N2O4/c1-3-30-22-12-9-20(10-13-22)25(29)27-17-15-21(16-18-27)26-24(28)14-11-19-7-5-6-8-23(19)31-4-2/h5-10,12-13,21H,3-4,11,14-18H2,1-2H3,(H,26,28). The zero-order valence-corrected chi connectivity index (χ0v) is 18.4. The Balaban J connectivity index is 1.43. The Hall–Kier alpha value is -3.02. The van der Waals surface area contributed by atoms with Crippen molar-refractivity contribution in [2.75, 3.05) is 26.3 Å². The van der Waals surface area contributed by atoms with Gasteiger partial charge in [-0.1, -0.05) is 18.2 Å². The lowest BCUT2D eigenvalue weighted by atomic mass is 10.0. The van der Waals surface area contributed by atoms with Crippen molar-refractivity contribution in [1.29, 1.82) is 0 Å². The van der Waals surface area contributed by atoms with Gasteiger partial charge in [0.2, 0.25) is 5.91 Å². The van der Waals surface area contributed by atoms with Crippen molar-refractivity contribution in [3.05, 3.63) is 59.7 Å². The van der Waals surface area contributed by atoms with E-state index in [1.54, 1.807) is 12.1 Å². The van der Waals surface area contributed by atoms with Gasteiger partial charge in [-0.05, 0) is 69.0 Å². The molecular weight excluding hydrogens is 392 g/mol. The molecule has 0 unspecified atom stereocenters. The first kappa shape index (κ1) is 22.7. The second-order valence-electron chi connectivity index (χ2n) is 7.63. The maximum atomic E-state index is 12.7. The van der Waals surface area contributed by atoms with E-state index in [1.807, 2.05) is 55.1 Å². The van der Waals surface area contributed by atoms with Gasteiger partial charge in [0.15, 0.2) is 0 Å². The van der Waals surface area contributed by atoms with Gasteiger partial charge in [-0.2, -0.15) is 0 Å². The quantitative estimate of drug-likeness (QED) is 0.664. The molecule has 31 heavy (non-hydrogen) atoms. The lowest BCUT2D eigenvalue weighted by Crippen LogP contribution is -2.46. The highest BCUT2D eigenvalue weighted by atomic mass is 16.5. The van der Waals surface area contributed by atoms with Crippen LogP contribution in [0.4, 0.5) is 0 Å². The fraction of sp³-hybridized carbons (Fsp3) is 0.440. The number of ether oxygens (including phenoxy) is 2. The summed E-state index contributed by atoms with van der Waals surface area (Å²) in [6.45, 7) is 6.38. The zero-order valence-electron chi connectivity index (χ0n) is 18.4. The van der Waals surface area contributed by atoms with Gasteiger partial charge < -0.3 is 19.7 Å². The number of likely N-dealkylation sites (tertiary alicyclic amines) is 1.